The van der Waals surface area contributed by atoms with Gasteiger partial charge in [-0.2, -0.15) is 0 Å². The Morgan fingerprint density at radius 2 is 1.93 bits per heavy atom. The van der Waals surface area contributed by atoms with Crippen molar-refractivity contribution in [1.82, 2.24) is 0 Å². The van der Waals surface area contributed by atoms with Crippen molar-refractivity contribution < 1.29 is 4.79 Å². The van der Waals surface area contributed by atoms with Crippen LogP contribution in [0.15, 0.2) is 30.3 Å². The molecule has 4 nitrogen and oxygen atoms in total. The Bertz CT molecular complexity index is 577. The highest BCUT2D eigenvalue weighted by atomic mass is 16.1. The molecule has 3 rings (SSSR count). The van der Waals surface area contributed by atoms with Crippen LogP contribution in [0.4, 0.5) is 11.4 Å². The largest absolute Gasteiger partial charge is 0.366 e. The maximum absolute atomic E-state index is 11.1. The first-order chi connectivity index (χ1) is 7.25. The molecule has 0 bridgehead atoms. The summed E-state index contributed by atoms with van der Waals surface area (Å²) in [5, 5.41) is 2.11. The van der Waals surface area contributed by atoms with Gasteiger partial charge in [0.15, 0.2) is 0 Å². The van der Waals surface area contributed by atoms with Crippen LogP contribution in [-0.2, 0) is 0 Å². The molecule has 15 heavy (non-hydrogen) atoms. The summed E-state index contributed by atoms with van der Waals surface area (Å²) >= 11 is 0. The molecule has 2 aromatic carbocycles. The molecule has 0 saturated heterocycles. The van der Waals surface area contributed by atoms with E-state index in [1.807, 2.05) is 18.2 Å². The van der Waals surface area contributed by atoms with Gasteiger partial charge in [0.2, 0.25) is 5.91 Å². The minimum absolute atomic E-state index is 0.410. The van der Waals surface area contributed by atoms with Crippen LogP contribution in [0.5, 0.6) is 0 Å². The lowest BCUT2D eigenvalue weighted by Crippen LogP contribution is -2.11. The Balaban J connectivity index is 2.41. The molecule has 0 aliphatic carbocycles. The topological polar surface area (TPSA) is 67.2 Å². The van der Waals surface area contributed by atoms with Crippen molar-refractivity contribution in [3.63, 3.8) is 0 Å². The van der Waals surface area contributed by atoms with Crippen LogP contribution in [-0.4, -0.2) is 5.91 Å². The Morgan fingerprint density at radius 3 is 2.73 bits per heavy atom. The van der Waals surface area contributed by atoms with E-state index in [1.165, 1.54) is 0 Å². The first-order valence-corrected chi connectivity index (χ1v) is 4.64. The third-order valence-corrected chi connectivity index (χ3v) is 2.59. The number of rotatable bonds is 1. The van der Waals surface area contributed by atoms with Gasteiger partial charge in [-0.05, 0) is 23.6 Å². The zero-order chi connectivity index (χ0) is 10.4. The van der Waals surface area contributed by atoms with Crippen molar-refractivity contribution in [2.45, 2.75) is 0 Å². The van der Waals surface area contributed by atoms with Crippen molar-refractivity contribution in [2.24, 2.45) is 5.73 Å². The molecular formula is C11H9N3O. The van der Waals surface area contributed by atoms with E-state index >= 15 is 0 Å². The molecule has 0 atom stereocenters. The van der Waals surface area contributed by atoms with Gasteiger partial charge in [0.05, 0.1) is 11.4 Å². The molecule has 4 N–H and O–H groups in total. The molecule has 1 heterocycles. The molecule has 4 heteroatoms. The lowest BCUT2D eigenvalue weighted by Gasteiger charge is -2.02. The molecule has 1 aliphatic heterocycles. The van der Waals surface area contributed by atoms with Crippen LogP contribution in [0.1, 0.15) is 10.4 Å². The molecule has 2 aromatic rings. The summed E-state index contributed by atoms with van der Waals surface area (Å²) in [6, 6.07) is 9.44. The summed E-state index contributed by atoms with van der Waals surface area (Å²) in [5.41, 5.74) is 13.8. The van der Waals surface area contributed by atoms with Gasteiger partial charge in [0.25, 0.3) is 0 Å². The van der Waals surface area contributed by atoms with E-state index < -0.39 is 5.91 Å². The molecule has 1 aliphatic rings. The van der Waals surface area contributed by atoms with Gasteiger partial charge in [-0.1, -0.05) is 12.1 Å². The molecule has 0 aromatic heterocycles. The number of anilines is 2. The zero-order valence-corrected chi connectivity index (χ0v) is 7.87. The van der Waals surface area contributed by atoms with E-state index in [2.05, 4.69) is 10.9 Å². The SMILES string of the molecule is NC(=O)c1cc2c3c(cccc3c1)NN2. The third-order valence-electron chi connectivity index (χ3n) is 2.59. The first-order valence-electron chi connectivity index (χ1n) is 4.64. The Hall–Kier alpha value is -2.23. The summed E-state index contributed by atoms with van der Waals surface area (Å²) in [7, 11) is 0. The molecule has 0 spiro atoms. The maximum atomic E-state index is 11.1. The quantitative estimate of drug-likeness (QED) is 0.654. The average molecular weight is 199 g/mol. The minimum atomic E-state index is -0.410. The molecule has 0 unspecified atom stereocenters. The highest BCUT2D eigenvalue weighted by Crippen LogP contribution is 2.35. The van der Waals surface area contributed by atoms with E-state index in [0.717, 1.165) is 22.1 Å². The lowest BCUT2D eigenvalue weighted by molar-refractivity contribution is 0.100. The Morgan fingerprint density at radius 1 is 1.13 bits per heavy atom. The molecule has 0 saturated carbocycles. The normalized spacial score (nSPS) is 12.3. The van der Waals surface area contributed by atoms with E-state index in [-0.39, 0.29) is 0 Å². The van der Waals surface area contributed by atoms with Crippen molar-refractivity contribution in [1.29, 1.82) is 0 Å². The monoisotopic (exact) mass is 199 g/mol. The van der Waals surface area contributed by atoms with Gasteiger partial charge in [0.1, 0.15) is 0 Å². The van der Waals surface area contributed by atoms with Crippen LogP contribution in [0, 0.1) is 0 Å². The van der Waals surface area contributed by atoms with Crippen molar-refractivity contribution >= 4 is 28.1 Å². The smallest absolute Gasteiger partial charge is 0.248 e. The van der Waals surface area contributed by atoms with Gasteiger partial charge in [0, 0.05) is 10.9 Å². The summed E-state index contributed by atoms with van der Waals surface area (Å²) in [6.45, 7) is 0. The standard InChI is InChI=1S/C11H9N3O/c12-11(15)7-4-6-2-1-3-8-10(6)9(5-7)14-13-8/h1-5,13-14H,(H2,12,15). The molecular weight excluding hydrogens is 190 g/mol. The number of hydrogen-bond acceptors (Lipinski definition) is 3. The van der Waals surface area contributed by atoms with Crippen LogP contribution in [0.2, 0.25) is 0 Å². The van der Waals surface area contributed by atoms with Crippen LogP contribution in [0.25, 0.3) is 10.8 Å². The number of carbonyl (C=O) groups excluding carboxylic acids is 1. The summed E-state index contributed by atoms with van der Waals surface area (Å²) in [5.74, 6) is -0.410. The summed E-state index contributed by atoms with van der Waals surface area (Å²) < 4.78 is 0. The molecule has 1 amide bonds. The first kappa shape index (κ1) is 8.11. The zero-order valence-electron chi connectivity index (χ0n) is 7.87. The Kier molecular flexibility index (Phi) is 1.42. The van der Waals surface area contributed by atoms with Crippen molar-refractivity contribution in [2.75, 3.05) is 10.9 Å². The number of primary amides is 1. The molecule has 74 valence electrons. The highest BCUT2D eigenvalue weighted by molar-refractivity contribution is 6.10. The van der Waals surface area contributed by atoms with Gasteiger partial charge >= 0.3 is 0 Å². The number of nitrogens with two attached hydrogens (primary N) is 1. The van der Waals surface area contributed by atoms with Gasteiger partial charge in [-0.3, -0.25) is 4.79 Å². The van der Waals surface area contributed by atoms with Gasteiger partial charge < -0.3 is 16.6 Å². The van der Waals surface area contributed by atoms with E-state index in [9.17, 15) is 4.79 Å². The fraction of sp³-hybridized carbons (Fsp3) is 0. The molecule has 0 radical (unpaired) electrons. The van der Waals surface area contributed by atoms with Crippen molar-refractivity contribution in [3.8, 4) is 0 Å². The highest BCUT2D eigenvalue weighted by Gasteiger charge is 2.15. The van der Waals surface area contributed by atoms with Crippen LogP contribution in [0.3, 0.4) is 0 Å². The number of amides is 1. The van der Waals surface area contributed by atoms with Crippen molar-refractivity contribution in [3.05, 3.63) is 35.9 Å². The second-order valence-electron chi connectivity index (χ2n) is 3.54. The summed E-state index contributed by atoms with van der Waals surface area (Å²) in [4.78, 5) is 11.1. The van der Waals surface area contributed by atoms with Gasteiger partial charge in [-0.15, -0.1) is 0 Å². The second kappa shape index (κ2) is 2.63. The number of carbonyl (C=O) groups is 1. The minimum Gasteiger partial charge on any atom is -0.366 e. The predicted octanol–water partition coefficient (Wildman–Crippen LogP) is 1.69. The number of hydrogen-bond donors (Lipinski definition) is 3. The number of nitrogens with one attached hydrogen (secondary N) is 2. The molecule has 0 fully saturated rings. The fourth-order valence-electron chi connectivity index (χ4n) is 1.91. The fourth-order valence-corrected chi connectivity index (χ4v) is 1.91. The Labute approximate surface area is 86.0 Å². The van der Waals surface area contributed by atoms with E-state index in [1.54, 1.807) is 12.1 Å². The van der Waals surface area contributed by atoms with Crippen LogP contribution < -0.4 is 16.6 Å². The second-order valence-corrected chi connectivity index (χ2v) is 3.54. The summed E-state index contributed by atoms with van der Waals surface area (Å²) in [6.07, 6.45) is 0. The lowest BCUT2D eigenvalue weighted by atomic mass is 10.0. The van der Waals surface area contributed by atoms with Gasteiger partial charge in [-0.25, -0.2) is 0 Å². The number of benzene rings is 2. The number of hydrazine groups is 1. The van der Waals surface area contributed by atoms with E-state index in [4.69, 9.17) is 5.73 Å². The van der Waals surface area contributed by atoms with E-state index in [0.29, 0.717) is 5.56 Å². The predicted molar refractivity (Wildman–Crippen MR) is 59.7 cm³/mol. The van der Waals surface area contributed by atoms with Crippen LogP contribution >= 0.6 is 0 Å². The third kappa shape index (κ3) is 1.05. The average Bonchev–Trinajstić information content (AvgIpc) is 2.64. The maximum Gasteiger partial charge on any atom is 0.248 e.